The summed E-state index contributed by atoms with van der Waals surface area (Å²) in [6.07, 6.45) is 1.52. The molecule has 6 nitrogen and oxygen atoms in total. The van der Waals surface area contributed by atoms with E-state index in [0.717, 1.165) is 16.9 Å². The van der Waals surface area contributed by atoms with Crippen LogP contribution in [-0.4, -0.2) is 20.7 Å². The van der Waals surface area contributed by atoms with E-state index >= 15 is 0 Å². The van der Waals surface area contributed by atoms with Gasteiger partial charge in [-0.1, -0.05) is 18.2 Å². The van der Waals surface area contributed by atoms with Crippen molar-refractivity contribution in [1.29, 1.82) is 0 Å². The molecule has 0 spiro atoms. The zero-order chi connectivity index (χ0) is 21.8. The molecule has 0 aliphatic rings. The Kier molecular flexibility index (Phi) is 6.08. The predicted octanol–water partition coefficient (Wildman–Crippen LogP) is 4.98. The zero-order valence-corrected chi connectivity index (χ0v) is 17.9. The van der Waals surface area contributed by atoms with E-state index < -0.39 is 0 Å². The number of hydrogen-bond acceptors (Lipinski definition) is 5. The molecule has 31 heavy (non-hydrogen) atoms. The van der Waals surface area contributed by atoms with Crippen LogP contribution in [0.2, 0.25) is 0 Å². The van der Waals surface area contributed by atoms with Gasteiger partial charge >= 0.3 is 0 Å². The maximum absolute atomic E-state index is 13.0. The molecule has 2 aromatic carbocycles. The molecular formula is C23H21FN4O2S. The number of aromatic nitrogens is 3. The minimum Gasteiger partial charge on any atom is -0.489 e. The second kappa shape index (κ2) is 9.09. The summed E-state index contributed by atoms with van der Waals surface area (Å²) in [6, 6.07) is 13.9. The molecule has 2 heterocycles. The van der Waals surface area contributed by atoms with Crippen molar-refractivity contribution in [2.24, 2.45) is 0 Å². The lowest BCUT2D eigenvalue weighted by molar-refractivity contribution is 0.102. The van der Waals surface area contributed by atoms with E-state index in [1.807, 2.05) is 30.5 Å². The molecule has 2 aromatic heterocycles. The minimum absolute atomic E-state index is 0.216. The Morgan fingerprint density at radius 2 is 1.90 bits per heavy atom. The van der Waals surface area contributed by atoms with Crippen LogP contribution in [0.4, 0.5) is 10.3 Å². The lowest BCUT2D eigenvalue weighted by Gasteiger charge is -2.07. The van der Waals surface area contributed by atoms with Crippen LogP contribution >= 0.6 is 11.3 Å². The molecule has 0 radical (unpaired) electrons. The van der Waals surface area contributed by atoms with Gasteiger partial charge in [-0.3, -0.25) is 10.1 Å². The van der Waals surface area contributed by atoms with Crippen molar-refractivity contribution < 1.29 is 13.9 Å². The van der Waals surface area contributed by atoms with Gasteiger partial charge in [-0.05, 0) is 66.2 Å². The number of benzene rings is 2. The van der Waals surface area contributed by atoms with Crippen LogP contribution < -0.4 is 10.1 Å². The van der Waals surface area contributed by atoms with Crippen LogP contribution in [0.3, 0.4) is 0 Å². The number of nitrogens with one attached hydrogen (secondary N) is 1. The molecule has 0 aliphatic heterocycles. The van der Waals surface area contributed by atoms with E-state index in [1.165, 1.54) is 40.9 Å². The summed E-state index contributed by atoms with van der Waals surface area (Å²) < 4.78 is 20.4. The predicted molar refractivity (Wildman–Crippen MR) is 118 cm³/mol. The number of ether oxygens (including phenoxy) is 1. The highest BCUT2D eigenvalue weighted by Gasteiger charge is 2.12. The number of aryl methyl sites for hydroxylation is 2. The maximum Gasteiger partial charge on any atom is 0.268 e. The summed E-state index contributed by atoms with van der Waals surface area (Å²) in [6.45, 7) is 4.92. The van der Waals surface area contributed by atoms with E-state index in [1.54, 1.807) is 22.9 Å². The fourth-order valence-corrected chi connectivity index (χ4v) is 3.70. The summed E-state index contributed by atoms with van der Waals surface area (Å²) in [4.78, 5) is 17.2. The number of rotatable bonds is 7. The van der Waals surface area contributed by atoms with Crippen LogP contribution in [0.25, 0.3) is 0 Å². The summed E-state index contributed by atoms with van der Waals surface area (Å²) >= 11 is 1.34. The Bertz CT molecular complexity index is 1200. The second-order valence-corrected chi connectivity index (χ2v) is 8.11. The Morgan fingerprint density at radius 1 is 1.10 bits per heavy atom. The van der Waals surface area contributed by atoms with Crippen molar-refractivity contribution in [2.45, 2.75) is 27.0 Å². The number of carbonyl (C=O) groups is 1. The molecule has 0 saturated heterocycles. The van der Waals surface area contributed by atoms with Crippen LogP contribution in [-0.2, 0) is 13.2 Å². The highest BCUT2D eigenvalue weighted by molar-refractivity contribution is 7.12. The minimum atomic E-state index is -0.287. The zero-order valence-electron chi connectivity index (χ0n) is 17.1. The molecule has 0 aliphatic carbocycles. The Labute approximate surface area is 183 Å². The SMILES string of the molecule is Cc1ccc(OCc2csc(C(=O)Nc3ncn(Cc4ccc(F)cc4)n3)c2)cc1C. The van der Waals surface area contributed by atoms with Gasteiger partial charge in [0.15, 0.2) is 0 Å². The van der Waals surface area contributed by atoms with Crippen molar-refractivity contribution in [2.75, 3.05) is 5.32 Å². The smallest absolute Gasteiger partial charge is 0.268 e. The quantitative estimate of drug-likeness (QED) is 0.444. The lowest BCUT2D eigenvalue weighted by Crippen LogP contribution is -2.12. The Hall–Kier alpha value is -3.52. The van der Waals surface area contributed by atoms with Gasteiger partial charge in [0.1, 0.15) is 24.5 Å². The van der Waals surface area contributed by atoms with Gasteiger partial charge in [0, 0.05) is 5.56 Å². The number of thiophene rings is 1. The van der Waals surface area contributed by atoms with E-state index in [2.05, 4.69) is 22.3 Å². The first-order valence-corrected chi connectivity index (χ1v) is 10.6. The van der Waals surface area contributed by atoms with Crippen LogP contribution in [0.1, 0.15) is 31.9 Å². The summed E-state index contributed by atoms with van der Waals surface area (Å²) in [5.74, 6) is 0.455. The van der Waals surface area contributed by atoms with Crippen LogP contribution in [0.15, 0.2) is 60.2 Å². The molecule has 4 aromatic rings. The number of nitrogens with zero attached hydrogens (tertiary/aromatic N) is 3. The molecule has 0 unspecified atom stereocenters. The molecule has 0 atom stereocenters. The van der Waals surface area contributed by atoms with Crippen molar-refractivity contribution in [3.8, 4) is 5.75 Å². The summed E-state index contributed by atoms with van der Waals surface area (Å²) in [7, 11) is 0. The molecular weight excluding hydrogens is 415 g/mol. The number of hydrogen-bond donors (Lipinski definition) is 1. The standard InChI is InChI=1S/C23H21FN4O2S/c1-15-3-8-20(9-16(15)2)30-12-18-10-21(31-13-18)22(29)26-23-25-14-28(27-23)11-17-4-6-19(24)7-5-17/h3-10,13-14H,11-12H2,1-2H3,(H,26,27,29). The lowest BCUT2D eigenvalue weighted by atomic mass is 10.1. The average Bonchev–Trinajstić information content (AvgIpc) is 3.40. The monoisotopic (exact) mass is 436 g/mol. The van der Waals surface area contributed by atoms with Gasteiger partial charge < -0.3 is 4.74 Å². The summed E-state index contributed by atoms with van der Waals surface area (Å²) in [5.41, 5.74) is 4.20. The maximum atomic E-state index is 13.0. The topological polar surface area (TPSA) is 69.0 Å². The first-order valence-electron chi connectivity index (χ1n) is 9.69. The second-order valence-electron chi connectivity index (χ2n) is 7.20. The fraction of sp³-hybridized carbons (Fsp3) is 0.174. The van der Waals surface area contributed by atoms with Gasteiger partial charge in [-0.2, -0.15) is 0 Å². The van der Waals surface area contributed by atoms with Crippen molar-refractivity contribution in [1.82, 2.24) is 14.8 Å². The van der Waals surface area contributed by atoms with Gasteiger partial charge in [0.05, 0.1) is 11.4 Å². The number of anilines is 1. The third kappa shape index (κ3) is 5.35. The van der Waals surface area contributed by atoms with E-state index in [9.17, 15) is 9.18 Å². The highest BCUT2D eigenvalue weighted by atomic mass is 32.1. The van der Waals surface area contributed by atoms with Crippen molar-refractivity contribution in [3.05, 3.63) is 93.2 Å². The number of amides is 1. The normalized spacial score (nSPS) is 10.8. The molecule has 0 bridgehead atoms. The fourth-order valence-electron chi connectivity index (χ4n) is 2.91. The highest BCUT2D eigenvalue weighted by Crippen LogP contribution is 2.21. The molecule has 8 heteroatoms. The third-order valence-corrected chi connectivity index (χ3v) is 5.76. The Balaban J connectivity index is 1.33. The average molecular weight is 437 g/mol. The van der Waals surface area contributed by atoms with Gasteiger partial charge in [-0.15, -0.1) is 16.4 Å². The van der Waals surface area contributed by atoms with Gasteiger partial charge in [0.2, 0.25) is 5.95 Å². The molecule has 4 rings (SSSR count). The summed E-state index contributed by atoms with van der Waals surface area (Å²) in [5, 5.41) is 8.85. The van der Waals surface area contributed by atoms with Gasteiger partial charge in [-0.25, -0.2) is 14.1 Å². The largest absolute Gasteiger partial charge is 0.489 e. The van der Waals surface area contributed by atoms with E-state index in [0.29, 0.717) is 18.0 Å². The molecule has 0 saturated carbocycles. The first-order chi connectivity index (χ1) is 15.0. The molecule has 158 valence electrons. The van der Waals surface area contributed by atoms with Gasteiger partial charge in [0.25, 0.3) is 5.91 Å². The van der Waals surface area contributed by atoms with Crippen LogP contribution in [0.5, 0.6) is 5.75 Å². The molecule has 0 fully saturated rings. The van der Waals surface area contributed by atoms with Crippen molar-refractivity contribution in [3.63, 3.8) is 0 Å². The third-order valence-electron chi connectivity index (χ3n) is 4.78. The molecule has 1 amide bonds. The number of halogens is 1. The molecule has 1 N–H and O–H groups in total. The van der Waals surface area contributed by atoms with Crippen LogP contribution in [0, 0.1) is 19.7 Å². The van der Waals surface area contributed by atoms with Crippen molar-refractivity contribution >= 4 is 23.2 Å². The van der Waals surface area contributed by atoms with E-state index in [4.69, 9.17) is 4.74 Å². The first kappa shape index (κ1) is 20.7. The van der Waals surface area contributed by atoms with E-state index in [-0.39, 0.29) is 17.7 Å². The number of carbonyl (C=O) groups excluding carboxylic acids is 1. The Morgan fingerprint density at radius 3 is 2.68 bits per heavy atom.